The molecule has 0 spiro atoms. The number of aryl methyl sites for hydroxylation is 1. The number of carbonyl (C=O) groups excluding carboxylic acids is 2. The maximum Gasteiger partial charge on any atom is 0.277 e. The highest BCUT2D eigenvalue weighted by atomic mass is 35.5. The van der Waals surface area contributed by atoms with E-state index in [9.17, 15) is 9.59 Å². The zero-order chi connectivity index (χ0) is 20.1. The fourth-order valence-corrected chi connectivity index (χ4v) is 3.39. The van der Waals surface area contributed by atoms with Crippen LogP contribution in [0.3, 0.4) is 0 Å². The second-order valence-corrected chi connectivity index (χ2v) is 7.16. The van der Waals surface area contributed by atoms with Gasteiger partial charge in [-0.25, -0.2) is 4.90 Å². The molecule has 1 aliphatic heterocycles. The molecule has 0 fully saturated rings. The van der Waals surface area contributed by atoms with Crippen LogP contribution >= 0.6 is 11.6 Å². The van der Waals surface area contributed by atoms with Crippen LogP contribution < -0.4 is 9.64 Å². The van der Waals surface area contributed by atoms with E-state index < -0.39 is 11.8 Å². The van der Waals surface area contributed by atoms with Gasteiger partial charge in [-0.15, -0.1) is 0 Å². The van der Waals surface area contributed by atoms with Crippen LogP contribution in [0.1, 0.15) is 44.2 Å². The molecule has 2 aromatic carbocycles. The fraction of sp³-hybridized carbons (Fsp3) is 0.304. The normalized spacial score (nSPS) is 14.2. The summed E-state index contributed by atoms with van der Waals surface area (Å²) in [5.41, 5.74) is 2.55. The molecule has 0 unspecified atom stereocenters. The van der Waals surface area contributed by atoms with Crippen molar-refractivity contribution in [3.05, 3.63) is 64.7 Å². The third-order valence-electron chi connectivity index (χ3n) is 4.66. The molecule has 2 aromatic rings. The number of hydrogen-bond acceptors (Lipinski definition) is 3. The summed E-state index contributed by atoms with van der Waals surface area (Å²) in [5.74, 6) is -0.175. The summed E-state index contributed by atoms with van der Waals surface area (Å²) in [6.07, 6.45) is 4.12. The van der Waals surface area contributed by atoms with Crippen molar-refractivity contribution in [1.82, 2.24) is 0 Å². The summed E-state index contributed by atoms with van der Waals surface area (Å²) < 4.78 is 5.57. The van der Waals surface area contributed by atoms with Gasteiger partial charge in [-0.1, -0.05) is 56.1 Å². The van der Waals surface area contributed by atoms with E-state index in [1.54, 1.807) is 36.4 Å². The minimum absolute atomic E-state index is 0.0534. The second kappa shape index (κ2) is 9.07. The lowest BCUT2D eigenvalue weighted by Gasteiger charge is -2.15. The predicted octanol–water partition coefficient (Wildman–Crippen LogP) is 5.34. The van der Waals surface area contributed by atoms with E-state index in [1.165, 1.54) is 5.56 Å². The maximum absolute atomic E-state index is 13.0. The summed E-state index contributed by atoms with van der Waals surface area (Å²) in [7, 11) is 0. The number of ether oxygens (including phenoxy) is 1. The molecule has 0 saturated heterocycles. The molecule has 0 radical (unpaired) electrons. The highest BCUT2D eigenvalue weighted by molar-refractivity contribution is 6.60. The van der Waals surface area contributed by atoms with Crippen LogP contribution in [0.2, 0.25) is 0 Å². The molecule has 5 heteroatoms. The summed E-state index contributed by atoms with van der Waals surface area (Å²) in [5, 5.41) is -0.0534. The van der Waals surface area contributed by atoms with E-state index in [0.717, 1.165) is 36.3 Å². The first-order valence-corrected chi connectivity index (χ1v) is 10.0. The number of rotatable bonds is 8. The third kappa shape index (κ3) is 4.12. The zero-order valence-electron chi connectivity index (χ0n) is 16.2. The number of nitrogens with zero attached hydrogens (tertiary/aromatic N) is 1. The van der Waals surface area contributed by atoms with Crippen LogP contribution in [-0.2, 0) is 16.0 Å². The van der Waals surface area contributed by atoms with Crippen molar-refractivity contribution in [3.8, 4) is 5.75 Å². The van der Waals surface area contributed by atoms with Crippen molar-refractivity contribution < 1.29 is 14.3 Å². The first-order valence-electron chi connectivity index (χ1n) is 9.67. The standard InChI is InChI=1S/C23H24ClNO3/c1-3-5-6-16-7-11-18(12-8-16)25-22(26)20(21(24)23(25)27)17-9-13-19(14-10-17)28-15-4-2/h7-14H,3-6,15H2,1-2H3. The number of carbonyl (C=O) groups is 2. The molecule has 0 bridgehead atoms. The molecule has 2 amide bonds. The van der Waals surface area contributed by atoms with Crippen molar-refractivity contribution in [2.24, 2.45) is 0 Å². The Hall–Kier alpha value is -2.59. The van der Waals surface area contributed by atoms with E-state index in [4.69, 9.17) is 16.3 Å². The predicted molar refractivity (Wildman–Crippen MR) is 113 cm³/mol. The zero-order valence-corrected chi connectivity index (χ0v) is 17.0. The Morgan fingerprint density at radius 3 is 2.18 bits per heavy atom. The van der Waals surface area contributed by atoms with Crippen LogP contribution in [0, 0.1) is 0 Å². The average Bonchev–Trinajstić information content (AvgIpc) is 2.94. The quantitative estimate of drug-likeness (QED) is 0.564. The lowest BCUT2D eigenvalue weighted by molar-refractivity contribution is -0.119. The Labute approximate surface area is 170 Å². The smallest absolute Gasteiger partial charge is 0.277 e. The van der Waals surface area contributed by atoms with Crippen molar-refractivity contribution in [2.45, 2.75) is 39.5 Å². The number of unbranched alkanes of at least 4 members (excludes halogenated alkanes) is 1. The lowest BCUT2D eigenvalue weighted by atomic mass is 10.1. The van der Waals surface area contributed by atoms with E-state index >= 15 is 0 Å². The molecule has 0 saturated carbocycles. The van der Waals surface area contributed by atoms with Crippen LogP contribution in [0.5, 0.6) is 5.75 Å². The summed E-state index contributed by atoms with van der Waals surface area (Å²) in [6.45, 7) is 4.81. The van der Waals surface area contributed by atoms with E-state index in [1.807, 2.05) is 19.1 Å². The number of halogens is 1. The molecular formula is C23H24ClNO3. The Bertz CT molecular complexity index is 885. The molecule has 0 aromatic heterocycles. The van der Waals surface area contributed by atoms with Crippen LogP contribution in [0.4, 0.5) is 5.69 Å². The number of anilines is 1. The van der Waals surface area contributed by atoms with Gasteiger partial charge in [0.15, 0.2) is 0 Å². The van der Waals surface area contributed by atoms with Crippen LogP contribution in [-0.4, -0.2) is 18.4 Å². The molecular weight excluding hydrogens is 374 g/mol. The molecule has 146 valence electrons. The van der Waals surface area contributed by atoms with E-state index in [2.05, 4.69) is 6.92 Å². The molecule has 4 nitrogen and oxygen atoms in total. The third-order valence-corrected chi connectivity index (χ3v) is 5.01. The van der Waals surface area contributed by atoms with E-state index in [0.29, 0.717) is 17.9 Å². The maximum atomic E-state index is 13.0. The molecule has 0 aliphatic carbocycles. The van der Waals surface area contributed by atoms with Gasteiger partial charge in [-0.3, -0.25) is 9.59 Å². The monoisotopic (exact) mass is 397 g/mol. The SMILES string of the molecule is CCCCc1ccc(N2C(=O)C(Cl)=C(c3ccc(OCCC)cc3)C2=O)cc1. The first kappa shape index (κ1) is 20.2. The van der Waals surface area contributed by atoms with Gasteiger partial charge in [0.05, 0.1) is 17.9 Å². The average molecular weight is 398 g/mol. The van der Waals surface area contributed by atoms with Crippen molar-refractivity contribution in [3.63, 3.8) is 0 Å². The molecule has 1 aliphatic rings. The van der Waals surface area contributed by atoms with Crippen molar-refractivity contribution in [2.75, 3.05) is 11.5 Å². The summed E-state index contributed by atoms with van der Waals surface area (Å²) >= 11 is 6.26. The number of imide groups is 1. The Morgan fingerprint density at radius 1 is 0.893 bits per heavy atom. The van der Waals surface area contributed by atoms with Gasteiger partial charge in [-0.05, 0) is 54.7 Å². The van der Waals surface area contributed by atoms with Gasteiger partial charge in [0.1, 0.15) is 10.8 Å². The van der Waals surface area contributed by atoms with Gasteiger partial charge in [0, 0.05) is 0 Å². The summed E-state index contributed by atoms with van der Waals surface area (Å²) in [4.78, 5) is 26.8. The van der Waals surface area contributed by atoms with Gasteiger partial charge in [0.25, 0.3) is 11.8 Å². The lowest BCUT2D eigenvalue weighted by Crippen LogP contribution is -2.31. The first-order chi connectivity index (χ1) is 13.6. The van der Waals surface area contributed by atoms with Gasteiger partial charge in [0.2, 0.25) is 0 Å². The minimum Gasteiger partial charge on any atom is -0.494 e. The van der Waals surface area contributed by atoms with Crippen LogP contribution in [0.15, 0.2) is 53.6 Å². The largest absolute Gasteiger partial charge is 0.494 e. The fourth-order valence-electron chi connectivity index (χ4n) is 3.12. The number of benzene rings is 2. The summed E-state index contributed by atoms with van der Waals surface area (Å²) in [6, 6.07) is 14.6. The molecule has 0 atom stereocenters. The van der Waals surface area contributed by atoms with Gasteiger partial charge in [-0.2, -0.15) is 0 Å². The molecule has 0 N–H and O–H groups in total. The Kier molecular flexibility index (Phi) is 6.53. The number of hydrogen-bond donors (Lipinski definition) is 0. The van der Waals surface area contributed by atoms with Gasteiger partial charge >= 0.3 is 0 Å². The molecule has 1 heterocycles. The molecule has 3 rings (SSSR count). The Balaban J connectivity index is 1.81. The topological polar surface area (TPSA) is 46.6 Å². The highest BCUT2D eigenvalue weighted by Gasteiger charge is 2.39. The van der Waals surface area contributed by atoms with Crippen LogP contribution in [0.25, 0.3) is 5.57 Å². The van der Waals surface area contributed by atoms with Crippen molar-refractivity contribution >= 4 is 34.7 Å². The van der Waals surface area contributed by atoms with Gasteiger partial charge < -0.3 is 4.74 Å². The Morgan fingerprint density at radius 2 is 1.57 bits per heavy atom. The molecule has 28 heavy (non-hydrogen) atoms. The van der Waals surface area contributed by atoms with E-state index in [-0.39, 0.29) is 10.6 Å². The van der Waals surface area contributed by atoms with Crippen molar-refractivity contribution in [1.29, 1.82) is 0 Å². The minimum atomic E-state index is -0.491. The highest BCUT2D eigenvalue weighted by Crippen LogP contribution is 2.35. The second-order valence-electron chi connectivity index (χ2n) is 6.78. The number of amides is 2.